The van der Waals surface area contributed by atoms with Crippen molar-refractivity contribution in [2.24, 2.45) is 0 Å². The van der Waals surface area contributed by atoms with Gasteiger partial charge in [0.1, 0.15) is 5.00 Å². The third-order valence-electron chi connectivity index (χ3n) is 5.30. The summed E-state index contributed by atoms with van der Waals surface area (Å²) in [5.74, 6) is -1.58. The molecule has 0 bridgehead atoms. The zero-order valence-corrected chi connectivity index (χ0v) is 18.0. The zero-order valence-electron chi connectivity index (χ0n) is 17.2. The first-order chi connectivity index (χ1) is 15.1. The van der Waals surface area contributed by atoms with E-state index in [9.17, 15) is 14.4 Å². The van der Waals surface area contributed by atoms with Crippen LogP contribution in [0, 0.1) is 0 Å². The number of carbonyl (C=O) groups excluding carboxylic acids is 3. The molecule has 8 nitrogen and oxygen atoms in total. The van der Waals surface area contributed by atoms with Gasteiger partial charge >= 0.3 is 11.9 Å². The minimum absolute atomic E-state index is 0.318. The Morgan fingerprint density at radius 3 is 2.74 bits per heavy atom. The normalized spacial score (nSPS) is 13.7. The number of ether oxygens (including phenoxy) is 2. The topological polar surface area (TPSA) is 110 Å². The van der Waals surface area contributed by atoms with Crippen LogP contribution >= 0.6 is 11.3 Å². The van der Waals surface area contributed by atoms with Crippen LogP contribution in [-0.2, 0) is 27.1 Å². The summed E-state index contributed by atoms with van der Waals surface area (Å²) in [5, 5.41) is 3.20. The van der Waals surface area contributed by atoms with E-state index in [1.807, 2.05) is 0 Å². The molecule has 0 saturated carbocycles. The number of anilines is 1. The maximum absolute atomic E-state index is 12.5. The number of aromatic amines is 1. The van der Waals surface area contributed by atoms with Crippen molar-refractivity contribution in [1.82, 2.24) is 9.97 Å². The second-order valence-corrected chi connectivity index (χ2v) is 8.48. The maximum Gasteiger partial charge on any atom is 0.341 e. The SMILES string of the molecule is COC(=O)c1c(NC(=O)COC(=O)c2ccc3nc[nH]c3c2)sc2c1CCCCCC2. The molecule has 1 aliphatic carbocycles. The first-order valence-electron chi connectivity index (χ1n) is 10.2. The smallest absolute Gasteiger partial charge is 0.341 e. The number of aryl methyl sites for hydroxylation is 1. The molecular weight excluding hydrogens is 418 g/mol. The molecule has 0 fully saturated rings. The Kier molecular flexibility index (Phi) is 6.31. The molecule has 3 aromatic rings. The van der Waals surface area contributed by atoms with Gasteiger partial charge < -0.3 is 19.8 Å². The second kappa shape index (κ2) is 9.30. The summed E-state index contributed by atoms with van der Waals surface area (Å²) in [6.07, 6.45) is 7.54. The van der Waals surface area contributed by atoms with Crippen LogP contribution < -0.4 is 5.32 Å². The van der Waals surface area contributed by atoms with Crippen LogP contribution in [0.15, 0.2) is 24.5 Å². The van der Waals surface area contributed by atoms with E-state index in [1.165, 1.54) is 24.8 Å². The van der Waals surface area contributed by atoms with E-state index < -0.39 is 24.5 Å². The van der Waals surface area contributed by atoms with Crippen LogP contribution in [0.4, 0.5) is 5.00 Å². The molecule has 0 saturated heterocycles. The molecule has 2 N–H and O–H groups in total. The average Bonchev–Trinajstić information content (AvgIpc) is 3.35. The number of rotatable bonds is 5. The van der Waals surface area contributed by atoms with Gasteiger partial charge in [-0.05, 0) is 49.4 Å². The quantitative estimate of drug-likeness (QED) is 0.582. The lowest BCUT2D eigenvalue weighted by Gasteiger charge is -2.11. The number of H-pyrrole nitrogens is 1. The van der Waals surface area contributed by atoms with Crippen molar-refractivity contribution in [3.8, 4) is 0 Å². The number of nitrogens with one attached hydrogen (secondary N) is 2. The molecular formula is C22H23N3O5S. The van der Waals surface area contributed by atoms with Crippen molar-refractivity contribution in [3.63, 3.8) is 0 Å². The van der Waals surface area contributed by atoms with Crippen LogP contribution in [0.3, 0.4) is 0 Å². The highest BCUT2D eigenvalue weighted by molar-refractivity contribution is 7.17. The predicted molar refractivity (Wildman–Crippen MR) is 117 cm³/mol. The summed E-state index contributed by atoms with van der Waals surface area (Å²) in [5.41, 5.74) is 3.15. The van der Waals surface area contributed by atoms with E-state index in [0.29, 0.717) is 21.6 Å². The number of thiophene rings is 1. The van der Waals surface area contributed by atoms with Crippen LogP contribution in [0.5, 0.6) is 0 Å². The molecule has 0 unspecified atom stereocenters. The van der Waals surface area contributed by atoms with E-state index in [0.717, 1.165) is 54.5 Å². The van der Waals surface area contributed by atoms with Gasteiger partial charge in [0.25, 0.3) is 5.91 Å². The Bertz CT molecular complexity index is 1130. The van der Waals surface area contributed by atoms with Crippen molar-refractivity contribution in [3.05, 3.63) is 46.1 Å². The fourth-order valence-electron chi connectivity index (χ4n) is 3.77. The van der Waals surface area contributed by atoms with Gasteiger partial charge in [-0.1, -0.05) is 12.8 Å². The molecule has 1 amide bonds. The van der Waals surface area contributed by atoms with Gasteiger partial charge in [0, 0.05) is 4.88 Å². The zero-order chi connectivity index (χ0) is 21.8. The molecule has 0 aliphatic heterocycles. The summed E-state index contributed by atoms with van der Waals surface area (Å²) < 4.78 is 10.1. The van der Waals surface area contributed by atoms with Gasteiger partial charge in [-0.2, -0.15) is 0 Å². The molecule has 9 heteroatoms. The minimum Gasteiger partial charge on any atom is -0.465 e. The molecule has 0 atom stereocenters. The largest absolute Gasteiger partial charge is 0.465 e. The fraction of sp³-hybridized carbons (Fsp3) is 0.364. The Balaban J connectivity index is 1.45. The van der Waals surface area contributed by atoms with E-state index in [1.54, 1.807) is 18.2 Å². The number of benzene rings is 1. The number of esters is 2. The third kappa shape index (κ3) is 4.61. The number of hydrogen-bond acceptors (Lipinski definition) is 7. The van der Waals surface area contributed by atoms with Gasteiger partial charge in [0.15, 0.2) is 6.61 Å². The Labute approximate surface area is 183 Å². The number of methoxy groups -OCH3 is 1. The Hall–Kier alpha value is -3.20. The van der Waals surface area contributed by atoms with Gasteiger partial charge in [-0.15, -0.1) is 11.3 Å². The van der Waals surface area contributed by atoms with Gasteiger partial charge in [0.05, 0.1) is 35.6 Å². The molecule has 2 aromatic heterocycles. The molecule has 2 heterocycles. The lowest BCUT2D eigenvalue weighted by atomic mass is 9.96. The van der Waals surface area contributed by atoms with Crippen molar-refractivity contribution in [1.29, 1.82) is 0 Å². The molecule has 31 heavy (non-hydrogen) atoms. The first kappa shape index (κ1) is 21.0. The Morgan fingerprint density at radius 1 is 1.13 bits per heavy atom. The minimum atomic E-state index is -0.613. The van der Waals surface area contributed by atoms with E-state index >= 15 is 0 Å². The molecule has 1 aliphatic rings. The molecule has 0 spiro atoms. The van der Waals surface area contributed by atoms with Crippen LogP contribution in [0.2, 0.25) is 0 Å². The molecule has 0 radical (unpaired) electrons. The number of nitrogens with zero attached hydrogens (tertiary/aromatic N) is 1. The first-order valence-corrected chi connectivity index (χ1v) is 11.0. The summed E-state index contributed by atoms with van der Waals surface area (Å²) in [6, 6.07) is 4.92. The summed E-state index contributed by atoms with van der Waals surface area (Å²) in [6.45, 7) is -0.455. The van der Waals surface area contributed by atoms with Gasteiger partial charge in [-0.3, -0.25) is 4.79 Å². The summed E-state index contributed by atoms with van der Waals surface area (Å²) in [4.78, 5) is 45.4. The summed E-state index contributed by atoms with van der Waals surface area (Å²) >= 11 is 1.41. The number of fused-ring (bicyclic) bond motifs is 2. The monoisotopic (exact) mass is 441 g/mol. The van der Waals surface area contributed by atoms with Crippen LogP contribution in [-0.4, -0.2) is 41.5 Å². The third-order valence-corrected chi connectivity index (χ3v) is 6.51. The number of aromatic nitrogens is 2. The van der Waals surface area contributed by atoms with Crippen molar-refractivity contribution in [2.75, 3.05) is 19.0 Å². The maximum atomic E-state index is 12.5. The standard InChI is InChI=1S/C22H23N3O5S/c1-29-22(28)19-14-6-4-2-3-5-7-17(14)31-20(19)25-18(26)11-30-21(27)13-8-9-15-16(10-13)24-12-23-15/h8-10,12H,2-7,11H2,1H3,(H,23,24)(H,25,26). The van der Waals surface area contributed by atoms with E-state index in [4.69, 9.17) is 9.47 Å². The molecule has 4 rings (SSSR count). The van der Waals surface area contributed by atoms with Crippen LogP contribution in [0.1, 0.15) is 56.8 Å². The lowest BCUT2D eigenvalue weighted by Crippen LogP contribution is -2.21. The highest BCUT2D eigenvalue weighted by atomic mass is 32.1. The van der Waals surface area contributed by atoms with Crippen molar-refractivity contribution >= 4 is 45.2 Å². The molecule has 1 aromatic carbocycles. The van der Waals surface area contributed by atoms with Gasteiger partial charge in [0.2, 0.25) is 0 Å². The van der Waals surface area contributed by atoms with Crippen molar-refractivity contribution < 1.29 is 23.9 Å². The van der Waals surface area contributed by atoms with Gasteiger partial charge in [-0.25, -0.2) is 14.6 Å². The lowest BCUT2D eigenvalue weighted by molar-refractivity contribution is -0.119. The second-order valence-electron chi connectivity index (χ2n) is 7.37. The fourth-order valence-corrected chi connectivity index (χ4v) is 5.06. The number of carbonyl (C=O) groups is 3. The molecule has 162 valence electrons. The highest BCUT2D eigenvalue weighted by Crippen LogP contribution is 2.37. The van der Waals surface area contributed by atoms with E-state index in [-0.39, 0.29) is 0 Å². The summed E-state index contributed by atoms with van der Waals surface area (Å²) in [7, 11) is 1.33. The number of amides is 1. The predicted octanol–water partition coefficient (Wildman–Crippen LogP) is 3.87. The number of imidazole rings is 1. The Morgan fingerprint density at radius 2 is 1.94 bits per heavy atom. The average molecular weight is 442 g/mol. The highest BCUT2D eigenvalue weighted by Gasteiger charge is 2.26. The van der Waals surface area contributed by atoms with E-state index in [2.05, 4.69) is 15.3 Å². The van der Waals surface area contributed by atoms with Crippen molar-refractivity contribution in [2.45, 2.75) is 38.5 Å². The van der Waals surface area contributed by atoms with Crippen LogP contribution in [0.25, 0.3) is 11.0 Å². The number of hydrogen-bond donors (Lipinski definition) is 2.